The van der Waals surface area contributed by atoms with E-state index in [9.17, 15) is 43.2 Å². The lowest BCUT2D eigenvalue weighted by atomic mass is 10.0. The van der Waals surface area contributed by atoms with Crippen LogP contribution in [0.5, 0.6) is 0 Å². The summed E-state index contributed by atoms with van der Waals surface area (Å²) in [5.41, 5.74) is 0. The molecule has 0 heterocycles. The summed E-state index contributed by atoms with van der Waals surface area (Å²) >= 11 is 0. The van der Waals surface area contributed by atoms with Crippen LogP contribution in [0.25, 0.3) is 0 Å². The summed E-state index contributed by atoms with van der Waals surface area (Å²) in [5.74, 6) is -2.14. The summed E-state index contributed by atoms with van der Waals surface area (Å²) in [7, 11) is -9.87. The van der Waals surface area contributed by atoms with Crippen LogP contribution >= 0.6 is 15.6 Å². The third kappa shape index (κ3) is 60.7. The predicted molar refractivity (Wildman–Crippen MR) is 340 cm³/mol. The first-order valence-corrected chi connectivity index (χ1v) is 37.8. The Balaban J connectivity index is 5.03. The van der Waals surface area contributed by atoms with Gasteiger partial charge in [0, 0.05) is 25.7 Å². The lowest BCUT2D eigenvalue weighted by molar-refractivity contribution is -0.161. The Morgan fingerprint density at radius 3 is 0.694 bits per heavy atom. The zero-order valence-electron chi connectivity index (χ0n) is 54.6. The monoisotopic (exact) mass is 1250 g/mol. The van der Waals surface area contributed by atoms with Gasteiger partial charge in [-0.1, -0.05) is 291 Å². The number of hydrogen-bond acceptors (Lipinski definition) is 15. The molecule has 0 aliphatic rings. The van der Waals surface area contributed by atoms with E-state index >= 15 is 0 Å². The van der Waals surface area contributed by atoms with Crippen LogP contribution in [0.3, 0.4) is 0 Å². The molecule has 17 nitrogen and oxygen atoms in total. The van der Waals surface area contributed by atoms with Crippen molar-refractivity contribution in [2.24, 2.45) is 0 Å². The maximum Gasteiger partial charge on any atom is 0.472 e. The minimum absolute atomic E-state index is 0.104. The highest BCUT2D eigenvalue weighted by Gasteiger charge is 2.30. The Morgan fingerprint density at radius 2 is 0.471 bits per heavy atom. The highest BCUT2D eigenvalue weighted by atomic mass is 31.2. The SMILES string of the molecule is CCCCCCCCCCCCCCCCCCCCCCCCC(=O)O[C@H](COC(=O)CCCCCCCCCCCC)COP(=O)(O)OC[C@@H](O)COP(=O)(O)OC[C@@H](COC(=O)CCCCCCC)OC(=O)CCCCCCCCCC. The largest absolute Gasteiger partial charge is 0.472 e. The number of unbranched alkanes of at least 4 members (excludes halogenated alkanes) is 41. The minimum Gasteiger partial charge on any atom is -0.462 e. The quantitative estimate of drug-likeness (QED) is 0.0222. The molecule has 19 heteroatoms. The fraction of sp³-hybridized carbons (Fsp3) is 0.939. The van der Waals surface area contributed by atoms with Gasteiger partial charge in [0.05, 0.1) is 26.4 Å². The highest BCUT2D eigenvalue weighted by molar-refractivity contribution is 7.47. The van der Waals surface area contributed by atoms with E-state index < -0.39 is 97.5 Å². The molecule has 0 bridgehead atoms. The van der Waals surface area contributed by atoms with E-state index in [-0.39, 0.29) is 25.7 Å². The number of carbonyl (C=O) groups excluding carboxylic acids is 4. The van der Waals surface area contributed by atoms with Gasteiger partial charge in [0.25, 0.3) is 0 Å². The van der Waals surface area contributed by atoms with E-state index in [0.29, 0.717) is 25.7 Å². The molecule has 0 aliphatic heterocycles. The molecule has 0 spiro atoms. The van der Waals surface area contributed by atoms with Crippen LogP contribution in [0.4, 0.5) is 0 Å². The van der Waals surface area contributed by atoms with E-state index in [4.69, 9.17) is 37.0 Å². The molecule has 3 N–H and O–H groups in total. The standard InChI is InChI=1S/C66H128O17P2/c1-5-9-13-17-20-23-25-26-27-28-29-30-31-32-33-34-35-36-38-41-45-49-53-66(71)83-62(57-77-64(69)51-47-43-40-37-24-21-18-14-10-6-2)59-81-85(74,75)79-55-60(67)54-78-84(72,73)80-58-61(56-76-63(68)50-46-42-16-12-8-4)82-65(70)52-48-44-39-22-19-15-11-7-3/h60-62,67H,5-59H2,1-4H3,(H,72,73)(H,74,75)/t60-,61+,62+/m0/s1. The number of aliphatic hydroxyl groups excluding tert-OH is 1. The third-order valence-corrected chi connectivity index (χ3v) is 17.3. The molecule has 0 aromatic heterocycles. The Kier molecular flexibility index (Phi) is 59.6. The molecule has 2 unspecified atom stereocenters. The van der Waals surface area contributed by atoms with Crippen molar-refractivity contribution in [1.29, 1.82) is 0 Å². The van der Waals surface area contributed by atoms with E-state index in [1.165, 1.54) is 161 Å². The maximum atomic E-state index is 13.0. The molecule has 0 fully saturated rings. The molecule has 0 rings (SSSR count). The van der Waals surface area contributed by atoms with Gasteiger partial charge in [0.15, 0.2) is 12.2 Å². The van der Waals surface area contributed by atoms with Gasteiger partial charge in [-0.15, -0.1) is 0 Å². The van der Waals surface area contributed by atoms with Crippen LogP contribution in [0.2, 0.25) is 0 Å². The zero-order valence-corrected chi connectivity index (χ0v) is 56.4. The number of hydrogen-bond donors (Lipinski definition) is 3. The highest BCUT2D eigenvalue weighted by Crippen LogP contribution is 2.45. The fourth-order valence-corrected chi connectivity index (χ4v) is 11.6. The van der Waals surface area contributed by atoms with Gasteiger partial charge in [0.2, 0.25) is 0 Å². The average Bonchev–Trinajstić information content (AvgIpc) is 3.55. The zero-order chi connectivity index (χ0) is 62.6. The Hall–Kier alpha value is -1.94. The number of esters is 4. The van der Waals surface area contributed by atoms with Crippen LogP contribution in [-0.4, -0.2) is 96.7 Å². The molecular formula is C66H128O17P2. The number of carbonyl (C=O) groups is 4. The first kappa shape index (κ1) is 83.1. The van der Waals surface area contributed by atoms with Gasteiger partial charge in [-0.2, -0.15) is 0 Å². The fourth-order valence-electron chi connectivity index (χ4n) is 9.99. The summed E-state index contributed by atoms with van der Waals surface area (Å²) in [4.78, 5) is 71.9. The summed E-state index contributed by atoms with van der Waals surface area (Å²) in [5, 5.41) is 10.5. The number of phosphoric ester groups is 2. The third-order valence-electron chi connectivity index (χ3n) is 15.4. The second kappa shape index (κ2) is 60.9. The lowest BCUT2D eigenvalue weighted by Gasteiger charge is -2.21. The average molecular weight is 1260 g/mol. The van der Waals surface area contributed by atoms with Crippen molar-refractivity contribution in [3.63, 3.8) is 0 Å². The van der Waals surface area contributed by atoms with E-state index in [1.54, 1.807) is 0 Å². The van der Waals surface area contributed by atoms with Crippen molar-refractivity contribution in [2.75, 3.05) is 39.6 Å². The number of ether oxygens (including phenoxy) is 4. The summed E-state index contributed by atoms with van der Waals surface area (Å²) in [6.07, 6.45) is 47.9. The molecule has 0 saturated carbocycles. The van der Waals surface area contributed by atoms with Gasteiger partial charge >= 0.3 is 39.5 Å². The van der Waals surface area contributed by atoms with Crippen LogP contribution in [0, 0.1) is 0 Å². The normalized spacial score (nSPS) is 14.1. The van der Waals surface area contributed by atoms with Gasteiger partial charge in [-0.3, -0.25) is 37.3 Å². The first-order chi connectivity index (χ1) is 41.2. The van der Waals surface area contributed by atoms with Crippen molar-refractivity contribution in [3.8, 4) is 0 Å². The van der Waals surface area contributed by atoms with Crippen molar-refractivity contribution in [3.05, 3.63) is 0 Å². The maximum absolute atomic E-state index is 13.0. The van der Waals surface area contributed by atoms with Gasteiger partial charge in [-0.25, -0.2) is 9.13 Å². The first-order valence-electron chi connectivity index (χ1n) is 34.8. The smallest absolute Gasteiger partial charge is 0.462 e. The second-order valence-electron chi connectivity index (χ2n) is 23.9. The molecule has 0 aliphatic carbocycles. The Morgan fingerprint density at radius 1 is 0.282 bits per heavy atom. The molecule has 85 heavy (non-hydrogen) atoms. The van der Waals surface area contributed by atoms with E-state index in [2.05, 4.69) is 27.7 Å². The van der Waals surface area contributed by atoms with Crippen LogP contribution < -0.4 is 0 Å². The molecule has 0 amide bonds. The van der Waals surface area contributed by atoms with Crippen molar-refractivity contribution in [2.45, 2.75) is 361 Å². The number of rotatable bonds is 67. The second-order valence-corrected chi connectivity index (χ2v) is 26.8. The van der Waals surface area contributed by atoms with Gasteiger partial charge in [-0.05, 0) is 25.7 Å². The van der Waals surface area contributed by atoms with Gasteiger partial charge < -0.3 is 33.8 Å². The molecule has 0 aromatic carbocycles. The van der Waals surface area contributed by atoms with Crippen LogP contribution in [0.1, 0.15) is 342 Å². The Labute approximate surface area is 517 Å². The summed E-state index contributed by atoms with van der Waals surface area (Å²) < 4.78 is 67.7. The minimum atomic E-state index is -4.94. The molecule has 0 radical (unpaired) electrons. The number of phosphoric acid groups is 2. The molecule has 504 valence electrons. The lowest BCUT2D eigenvalue weighted by Crippen LogP contribution is -2.30. The summed E-state index contributed by atoms with van der Waals surface area (Å²) in [6.45, 7) is 4.78. The van der Waals surface area contributed by atoms with Crippen LogP contribution in [-0.2, 0) is 65.4 Å². The molecule has 5 atom stereocenters. The Bertz CT molecular complexity index is 1640. The van der Waals surface area contributed by atoms with Crippen molar-refractivity contribution in [1.82, 2.24) is 0 Å². The van der Waals surface area contributed by atoms with Gasteiger partial charge in [0.1, 0.15) is 19.3 Å². The topological polar surface area (TPSA) is 237 Å². The predicted octanol–water partition coefficient (Wildman–Crippen LogP) is 18.7. The molecule has 0 aromatic rings. The molecule has 0 saturated heterocycles. The number of aliphatic hydroxyl groups is 1. The van der Waals surface area contributed by atoms with Crippen molar-refractivity contribution < 1.29 is 80.2 Å². The van der Waals surface area contributed by atoms with E-state index in [0.717, 1.165) is 103 Å². The molecular weight excluding hydrogens is 1130 g/mol. The summed E-state index contributed by atoms with van der Waals surface area (Å²) in [6, 6.07) is 0. The van der Waals surface area contributed by atoms with Crippen LogP contribution in [0.15, 0.2) is 0 Å². The van der Waals surface area contributed by atoms with Crippen molar-refractivity contribution >= 4 is 39.5 Å². The van der Waals surface area contributed by atoms with E-state index in [1.807, 2.05) is 0 Å².